The summed E-state index contributed by atoms with van der Waals surface area (Å²) in [5.74, 6) is -0.273. The fourth-order valence-corrected chi connectivity index (χ4v) is 1.60. The topological polar surface area (TPSA) is 47.0 Å². The lowest BCUT2D eigenvalue weighted by atomic mass is 10.2. The van der Waals surface area contributed by atoms with Gasteiger partial charge in [0.05, 0.1) is 17.5 Å². The molecule has 0 saturated carbocycles. The van der Waals surface area contributed by atoms with E-state index < -0.39 is 11.7 Å². The van der Waals surface area contributed by atoms with Crippen LogP contribution in [0.15, 0.2) is 36.7 Å². The van der Waals surface area contributed by atoms with E-state index in [2.05, 4.69) is 15.3 Å². The molecule has 7 heteroatoms. The van der Waals surface area contributed by atoms with E-state index >= 15 is 0 Å². The van der Waals surface area contributed by atoms with Crippen LogP contribution in [0.25, 0.3) is 0 Å². The van der Waals surface area contributed by atoms with E-state index in [0.717, 1.165) is 6.07 Å². The number of aromatic nitrogens is 2. The van der Waals surface area contributed by atoms with E-state index in [0.29, 0.717) is 12.2 Å². The molecule has 106 valence electrons. The summed E-state index contributed by atoms with van der Waals surface area (Å²) in [7, 11) is 1.73. The third-order valence-electron chi connectivity index (χ3n) is 2.43. The van der Waals surface area contributed by atoms with Crippen molar-refractivity contribution in [3.8, 4) is 11.6 Å². The molecule has 1 N–H and O–H groups in total. The minimum atomic E-state index is -4.48. The monoisotopic (exact) mass is 283 g/mol. The molecule has 0 atom stereocenters. The maximum Gasteiger partial charge on any atom is 0.419 e. The molecule has 2 rings (SSSR count). The van der Waals surface area contributed by atoms with Gasteiger partial charge in [-0.25, -0.2) is 4.98 Å². The van der Waals surface area contributed by atoms with Gasteiger partial charge >= 0.3 is 6.18 Å². The molecular weight excluding hydrogens is 271 g/mol. The van der Waals surface area contributed by atoms with Gasteiger partial charge in [-0.3, -0.25) is 4.98 Å². The number of hydrogen-bond donors (Lipinski definition) is 1. The average Bonchev–Trinajstić information content (AvgIpc) is 2.39. The first-order valence-corrected chi connectivity index (χ1v) is 5.80. The highest BCUT2D eigenvalue weighted by atomic mass is 19.4. The highest BCUT2D eigenvalue weighted by Gasteiger charge is 2.34. The SMILES string of the molecule is CNCc1cncc(Oc2ccccc2C(F)(F)F)n1. The first-order chi connectivity index (χ1) is 9.50. The van der Waals surface area contributed by atoms with Gasteiger partial charge in [-0.2, -0.15) is 13.2 Å². The van der Waals surface area contributed by atoms with Gasteiger partial charge in [0.2, 0.25) is 5.88 Å². The molecule has 1 aromatic carbocycles. The van der Waals surface area contributed by atoms with Gasteiger partial charge in [0.25, 0.3) is 0 Å². The minimum absolute atomic E-state index is 0.0226. The zero-order valence-electron chi connectivity index (χ0n) is 10.6. The second-order valence-electron chi connectivity index (χ2n) is 3.97. The molecule has 0 aliphatic carbocycles. The van der Waals surface area contributed by atoms with Crippen LogP contribution < -0.4 is 10.1 Å². The molecule has 0 bridgehead atoms. The summed E-state index contributed by atoms with van der Waals surface area (Å²) in [6, 6.07) is 4.98. The van der Waals surface area contributed by atoms with Crippen LogP contribution in [0.3, 0.4) is 0 Å². The third-order valence-corrected chi connectivity index (χ3v) is 2.43. The zero-order chi connectivity index (χ0) is 14.6. The minimum Gasteiger partial charge on any atom is -0.437 e. The number of halogens is 3. The first-order valence-electron chi connectivity index (χ1n) is 5.80. The van der Waals surface area contributed by atoms with E-state index in [1.54, 1.807) is 7.05 Å². The van der Waals surface area contributed by atoms with Crippen LogP contribution in [0.5, 0.6) is 11.6 Å². The summed E-state index contributed by atoms with van der Waals surface area (Å²) in [5, 5.41) is 2.87. The highest BCUT2D eigenvalue weighted by Crippen LogP contribution is 2.37. The molecule has 0 radical (unpaired) electrons. The van der Waals surface area contributed by atoms with E-state index in [1.165, 1.54) is 30.6 Å². The average molecular weight is 283 g/mol. The maximum atomic E-state index is 12.8. The number of nitrogens with one attached hydrogen (secondary N) is 1. The Balaban J connectivity index is 2.28. The zero-order valence-corrected chi connectivity index (χ0v) is 10.6. The van der Waals surface area contributed by atoms with Crippen LogP contribution >= 0.6 is 0 Å². The predicted molar refractivity (Wildman–Crippen MR) is 66.3 cm³/mol. The number of benzene rings is 1. The van der Waals surface area contributed by atoms with Crippen LogP contribution in [-0.4, -0.2) is 17.0 Å². The molecule has 0 aliphatic heterocycles. The number of alkyl halides is 3. The van der Waals surface area contributed by atoms with Gasteiger partial charge in [0.1, 0.15) is 5.75 Å². The van der Waals surface area contributed by atoms with Crippen molar-refractivity contribution in [2.24, 2.45) is 0 Å². The van der Waals surface area contributed by atoms with Crippen molar-refractivity contribution in [3.05, 3.63) is 47.9 Å². The van der Waals surface area contributed by atoms with Gasteiger partial charge in [0.15, 0.2) is 0 Å². The van der Waals surface area contributed by atoms with Crippen molar-refractivity contribution < 1.29 is 17.9 Å². The molecule has 20 heavy (non-hydrogen) atoms. The molecule has 1 heterocycles. The Morgan fingerprint density at radius 3 is 2.65 bits per heavy atom. The van der Waals surface area contributed by atoms with Crippen LogP contribution in [0.4, 0.5) is 13.2 Å². The fraction of sp³-hybridized carbons (Fsp3) is 0.231. The van der Waals surface area contributed by atoms with Crippen LogP contribution in [0, 0.1) is 0 Å². The van der Waals surface area contributed by atoms with Crippen molar-refractivity contribution in [1.82, 2.24) is 15.3 Å². The van der Waals surface area contributed by atoms with Crippen LogP contribution in [-0.2, 0) is 12.7 Å². The molecule has 1 aromatic heterocycles. The third kappa shape index (κ3) is 3.45. The van der Waals surface area contributed by atoms with Crippen LogP contribution in [0.2, 0.25) is 0 Å². The number of rotatable bonds is 4. The highest BCUT2D eigenvalue weighted by molar-refractivity contribution is 5.37. The lowest BCUT2D eigenvalue weighted by molar-refractivity contribution is -0.138. The van der Waals surface area contributed by atoms with E-state index in [1.807, 2.05) is 0 Å². The Morgan fingerprint density at radius 1 is 1.20 bits per heavy atom. The first kappa shape index (κ1) is 14.3. The maximum absolute atomic E-state index is 12.8. The van der Waals surface area contributed by atoms with E-state index in [4.69, 9.17) is 4.74 Å². The summed E-state index contributed by atoms with van der Waals surface area (Å²) >= 11 is 0. The molecule has 0 saturated heterocycles. The summed E-state index contributed by atoms with van der Waals surface area (Å²) < 4.78 is 43.7. The Bertz CT molecular complexity index is 587. The van der Waals surface area contributed by atoms with Crippen LogP contribution in [0.1, 0.15) is 11.3 Å². The second-order valence-corrected chi connectivity index (χ2v) is 3.97. The molecule has 0 unspecified atom stereocenters. The smallest absolute Gasteiger partial charge is 0.419 e. The molecule has 0 spiro atoms. The molecule has 0 fully saturated rings. The molecule has 0 aliphatic rings. The van der Waals surface area contributed by atoms with Gasteiger partial charge < -0.3 is 10.1 Å². The summed E-state index contributed by atoms with van der Waals surface area (Å²) in [4.78, 5) is 7.95. The van der Waals surface area contributed by atoms with E-state index in [9.17, 15) is 13.2 Å². The molecule has 2 aromatic rings. The molecular formula is C13H12F3N3O. The van der Waals surface area contributed by atoms with Gasteiger partial charge in [-0.05, 0) is 19.2 Å². The summed E-state index contributed by atoms with van der Waals surface area (Å²) in [6.07, 6.45) is -1.70. The Morgan fingerprint density at radius 2 is 1.95 bits per heavy atom. The van der Waals surface area contributed by atoms with E-state index in [-0.39, 0.29) is 11.6 Å². The van der Waals surface area contributed by atoms with Gasteiger partial charge in [-0.1, -0.05) is 12.1 Å². The van der Waals surface area contributed by atoms with Crippen molar-refractivity contribution in [1.29, 1.82) is 0 Å². The van der Waals surface area contributed by atoms with Crippen molar-refractivity contribution in [3.63, 3.8) is 0 Å². The quantitative estimate of drug-likeness (QED) is 0.937. The Labute approximate surface area is 113 Å². The van der Waals surface area contributed by atoms with Gasteiger partial charge in [0, 0.05) is 12.7 Å². The summed E-state index contributed by atoms with van der Waals surface area (Å²) in [5.41, 5.74) is -0.268. The number of ether oxygens (including phenoxy) is 1. The largest absolute Gasteiger partial charge is 0.437 e. The lowest BCUT2D eigenvalue weighted by Crippen LogP contribution is -2.09. The summed E-state index contributed by atoms with van der Waals surface area (Å²) in [6.45, 7) is 0.450. The fourth-order valence-electron chi connectivity index (χ4n) is 1.60. The Kier molecular flexibility index (Phi) is 4.19. The number of para-hydroxylation sites is 1. The second kappa shape index (κ2) is 5.87. The van der Waals surface area contributed by atoms with Crippen molar-refractivity contribution in [2.75, 3.05) is 7.05 Å². The number of nitrogens with zero attached hydrogens (tertiary/aromatic N) is 2. The lowest BCUT2D eigenvalue weighted by Gasteiger charge is -2.12. The number of hydrogen-bond acceptors (Lipinski definition) is 4. The Hall–Kier alpha value is -2.15. The predicted octanol–water partition coefficient (Wildman–Crippen LogP) is 3.01. The molecule has 0 amide bonds. The standard InChI is InChI=1S/C13H12F3N3O/c1-17-6-9-7-18-8-12(19-9)20-11-5-3-2-4-10(11)13(14,15)16/h2-5,7-8,17H,6H2,1H3. The van der Waals surface area contributed by atoms with Crippen molar-refractivity contribution in [2.45, 2.75) is 12.7 Å². The van der Waals surface area contributed by atoms with Gasteiger partial charge in [-0.15, -0.1) is 0 Å². The molecule has 4 nitrogen and oxygen atoms in total. The van der Waals surface area contributed by atoms with Crippen molar-refractivity contribution >= 4 is 0 Å². The normalized spacial score (nSPS) is 11.4.